The van der Waals surface area contributed by atoms with Crippen molar-refractivity contribution in [2.45, 2.75) is 25.3 Å². The van der Waals surface area contributed by atoms with Gasteiger partial charge in [0.2, 0.25) is 5.91 Å². The number of carbonyl (C=O) groups excluding carboxylic acids is 1. The molecule has 0 spiro atoms. The minimum absolute atomic E-state index is 0.191. The molecule has 4 heteroatoms. The van der Waals surface area contributed by atoms with Crippen LogP contribution >= 0.6 is 0 Å². The molecule has 4 nitrogen and oxygen atoms in total. The number of amides is 1. The Bertz CT molecular complexity index is 498. The number of rotatable bonds is 5. The Morgan fingerprint density at radius 3 is 2.90 bits per heavy atom. The molecule has 1 fully saturated rings. The lowest BCUT2D eigenvalue weighted by Gasteiger charge is -2.28. The maximum absolute atomic E-state index is 12.5. The van der Waals surface area contributed by atoms with Gasteiger partial charge in [0.1, 0.15) is 0 Å². The van der Waals surface area contributed by atoms with E-state index in [1.807, 2.05) is 30.1 Å². The highest BCUT2D eigenvalue weighted by molar-refractivity contribution is 5.96. The molecule has 0 radical (unpaired) electrons. The van der Waals surface area contributed by atoms with Crippen molar-refractivity contribution in [2.24, 2.45) is 11.7 Å². The Labute approximate surface area is 120 Å². The number of hydrogen-bond acceptors (Lipinski definition) is 3. The average molecular weight is 273 g/mol. The number of nitrogens with two attached hydrogens (primary N) is 1. The highest BCUT2D eigenvalue weighted by atomic mass is 16.2. The Morgan fingerprint density at radius 1 is 1.45 bits per heavy atom. The maximum atomic E-state index is 12.5. The molecule has 1 saturated carbocycles. The lowest BCUT2D eigenvalue weighted by molar-refractivity contribution is -0.119. The van der Waals surface area contributed by atoms with Crippen molar-refractivity contribution in [1.82, 2.24) is 4.90 Å². The van der Waals surface area contributed by atoms with E-state index in [4.69, 9.17) is 5.73 Å². The van der Waals surface area contributed by atoms with Crippen molar-refractivity contribution in [3.8, 4) is 0 Å². The van der Waals surface area contributed by atoms with Crippen LogP contribution < -0.4 is 10.6 Å². The molecule has 1 aromatic rings. The van der Waals surface area contributed by atoms with E-state index in [9.17, 15) is 4.79 Å². The lowest BCUT2D eigenvalue weighted by atomic mass is 10.1. The second-order valence-corrected chi connectivity index (χ2v) is 5.98. The number of para-hydroxylation sites is 1. The molecule has 1 atom stereocenters. The monoisotopic (exact) mass is 273 g/mol. The van der Waals surface area contributed by atoms with Crippen LogP contribution in [0.25, 0.3) is 0 Å². The van der Waals surface area contributed by atoms with Gasteiger partial charge in [0.25, 0.3) is 0 Å². The van der Waals surface area contributed by atoms with E-state index in [0.717, 1.165) is 18.7 Å². The normalized spacial score (nSPS) is 19.2. The van der Waals surface area contributed by atoms with Crippen molar-refractivity contribution < 1.29 is 4.79 Å². The topological polar surface area (TPSA) is 49.6 Å². The maximum Gasteiger partial charge on any atom is 0.241 e. The Balaban J connectivity index is 1.65. The molecular weight excluding hydrogens is 250 g/mol. The highest BCUT2D eigenvalue weighted by Gasteiger charge is 2.34. The summed E-state index contributed by atoms with van der Waals surface area (Å²) in [5.74, 6) is 0.889. The predicted octanol–water partition coefficient (Wildman–Crippen LogP) is 1.24. The lowest BCUT2D eigenvalue weighted by Crippen LogP contribution is -2.46. The third kappa shape index (κ3) is 2.58. The average Bonchev–Trinajstić information content (AvgIpc) is 3.18. The highest BCUT2D eigenvalue weighted by Crippen LogP contribution is 2.34. The van der Waals surface area contributed by atoms with Gasteiger partial charge in [-0.1, -0.05) is 18.2 Å². The van der Waals surface area contributed by atoms with Crippen molar-refractivity contribution in [1.29, 1.82) is 0 Å². The molecule has 0 bridgehead atoms. The zero-order valence-corrected chi connectivity index (χ0v) is 12.1. The number of likely N-dealkylation sites (N-methyl/N-ethyl adjacent to an activating group) is 1. The molecule has 108 valence electrons. The minimum Gasteiger partial charge on any atom is -0.329 e. The molecule has 1 amide bonds. The zero-order chi connectivity index (χ0) is 14.1. The number of anilines is 1. The number of benzene rings is 1. The van der Waals surface area contributed by atoms with E-state index in [-0.39, 0.29) is 5.91 Å². The summed E-state index contributed by atoms with van der Waals surface area (Å²) < 4.78 is 0. The first-order valence-electron chi connectivity index (χ1n) is 7.49. The van der Waals surface area contributed by atoms with Crippen LogP contribution in [0.2, 0.25) is 0 Å². The van der Waals surface area contributed by atoms with Gasteiger partial charge in [-0.05, 0) is 43.9 Å². The van der Waals surface area contributed by atoms with Crippen LogP contribution in [0, 0.1) is 5.92 Å². The van der Waals surface area contributed by atoms with Gasteiger partial charge in [-0.25, -0.2) is 0 Å². The van der Waals surface area contributed by atoms with E-state index in [0.29, 0.717) is 25.0 Å². The first-order valence-corrected chi connectivity index (χ1v) is 7.49. The van der Waals surface area contributed by atoms with Crippen LogP contribution in [0.15, 0.2) is 24.3 Å². The van der Waals surface area contributed by atoms with Crippen molar-refractivity contribution >= 4 is 11.6 Å². The van der Waals surface area contributed by atoms with Crippen molar-refractivity contribution in [3.05, 3.63) is 29.8 Å². The summed E-state index contributed by atoms with van der Waals surface area (Å²) in [6, 6.07) is 8.55. The van der Waals surface area contributed by atoms with Gasteiger partial charge in [0, 0.05) is 24.8 Å². The summed E-state index contributed by atoms with van der Waals surface area (Å²) in [5.41, 5.74) is 8.22. The van der Waals surface area contributed by atoms with E-state index in [1.165, 1.54) is 18.4 Å². The summed E-state index contributed by atoms with van der Waals surface area (Å²) in [5, 5.41) is 0. The van der Waals surface area contributed by atoms with Crippen LogP contribution in [0.1, 0.15) is 18.4 Å². The molecule has 1 aromatic carbocycles. The minimum atomic E-state index is 0.191. The molecule has 2 N–H and O–H groups in total. The quantitative estimate of drug-likeness (QED) is 0.878. The summed E-state index contributed by atoms with van der Waals surface area (Å²) in [6.07, 6.45) is 3.48. The first kappa shape index (κ1) is 13.6. The third-order valence-corrected chi connectivity index (χ3v) is 4.55. The molecule has 1 aliphatic heterocycles. The van der Waals surface area contributed by atoms with E-state index in [2.05, 4.69) is 11.0 Å². The molecular formula is C16H23N3O. The Hall–Kier alpha value is -1.39. The zero-order valence-electron chi connectivity index (χ0n) is 12.1. The first-order chi connectivity index (χ1) is 9.70. The Morgan fingerprint density at radius 2 is 2.20 bits per heavy atom. The van der Waals surface area contributed by atoms with Gasteiger partial charge in [-0.15, -0.1) is 0 Å². The molecule has 2 aliphatic rings. The van der Waals surface area contributed by atoms with E-state index in [1.54, 1.807) is 0 Å². The van der Waals surface area contributed by atoms with Gasteiger partial charge >= 0.3 is 0 Å². The van der Waals surface area contributed by atoms with Gasteiger partial charge in [-0.3, -0.25) is 9.69 Å². The largest absolute Gasteiger partial charge is 0.329 e. The van der Waals surface area contributed by atoms with Crippen LogP contribution in [-0.2, 0) is 11.2 Å². The number of carbonyl (C=O) groups is 1. The predicted molar refractivity (Wildman–Crippen MR) is 80.7 cm³/mol. The van der Waals surface area contributed by atoms with Crippen LogP contribution in [0.5, 0.6) is 0 Å². The van der Waals surface area contributed by atoms with Gasteiger partial charge in [0.15, 0.2) is 0 Å². The van der Waals surface area contributed by atoms with Gasteiger partial charge < -0.3 is 10.6 Å². The second kappa shape index (κ2) is 5.54. The molecule has 20 heavy (non-hydrogen) atoms. The number of hydrogen-bond donors (Lipinski definition) is 1. The Kier molecular flexibility index (Phi) is 3.76. The summed E-state index contributed by atoms with van der Waals surface area (Å²) in [4.78, 5) is 16.6. The van der Waals surface area contributed by atoms with Gasteiger partial charge in [-0.2, -0.15) is 0 Å². The van der Waals surface area contributed by atoms with Crippen molar-refractivity contribution in [2.75, 3.05) is 31.6 Å². The molecule has 0 saturated heterocycles. The summed E-state index contributed by atoms with van der Waals surface area (Å²) >= 11 is 0. The van der Waals surface area contributed by atoms with E-state index < -0.39 is 0 Å². The van der Waals surface area contributed by atoms with Crippen LogP contribution in [0.3, 0.4) is 0 Å². The number of fused-ring (bicyclic) bond motifs is 1. The molecule has 1 aliphatic carbocycles. The molecule has 1 unspecified atom stereocenters. The smallest absolute Gasteiger partial charge is 0.241 e. The van der Waals surface area contributed by atoms with E-state index >= 15 is 0 Å². The molecule has 0 aromatic heterocycles. The van der Waals surface area contributed by atoms with Crippen LogP contribution in [0.4, 0.5) is 5.69 Å². The van der Waals surface area contributed by atoms with Crippen molar-refractivity contribution in [3.63, 3.8) is 0 Å². The van der Waals surface area contributed by atoms with Crippen LogP contribution in [-0.4, -0.2) is 43.5 Å². The standard InChI is InChI=1S/C16H23N3O/c1-18(15(10-17)13-6-7-13)11-16(20)19-9-8-12-4-2-3-5-14(12)19/h2-5,13,15H,6-11,17H2,1H3. The fraction of sp³-hybridized carbons (Fsp3) is 0.562. The fourth-order valence-corrected chi connectivity index (χ4v) is 3.23. The SMILES string of the molecule is CN(CC(=O)N1CCc2ccccc21)C(CN)C1CC1. The summed E-state index contributed by atoms with van der Waals surface area (Å²) in [6.45, 7) is 1.92. The second-order valence-electron chi connectivity index (χ2n) is 5.98. The third-order valence-electron chi connectivity index (χ3n) is 4.55. The van der Waals surface area contributed by atoms with Gasteiger partial charge in [0.05, 0.1) is 6.54 Å². The molecule has 1 heterocycles. The fourth-order valence-electron chi connectivity index (χ4n) is 3.23. The summed E-state index contributed by atoms with van der Waals surface area (Å²) in [7, 11) is 2.02. The molecule has 3 rings (SSSR count). The number of nitrogens with zero attached hydrogens (tertiary/aromatic N) is 2.